The van der Waals surface area contributed by atoms with Crippen LogP contribution in [0.5, 0.6) is 0 Å². The highest BCUT2D eigenvalue weighted by atomic mass is 32.2. The average molecular weight is 576 g/mol. The van der Waals surface area contributed by atoms with Crippen molar-refractivity contribution in [2.75, 3.05) is 0 Å². The van der Waals surface area contributed by atoms with Crippen LogP contribution in [0.2, 0.25) is 0 Å². The molecule has 4 aromatic rings. The van der Waals surface area contributed by atoms with Gasteiger partial charge in [-0.3, -0.25) is 4.57 Å². The molecule has 0 aliphatic heterocycles. The molecule has 3 heterocycles. The molecule has 0 aliphatic rings. The van der Waals surface area contributed by atoms with Gasteiger partial charge in [0.2, 0.25) is 5.95 Å². The molecule has 1 aromatic carbocycles. The lowest BCUT2D eigenvalue weighted by atomic mass is 10.1. The fourth-order valence-electron chi connectivity index (χ4n) is 3.29. The van der Waals surface area contributed by atoms with Gasteiger partial charge in [-0.15, -0.1) is 11.3 Å². The summed E-state index contributed by atoms with van der Waals surface area (Å²) in [5.41, 5.74) is -2.94. The zero-order valence-electron chi connectivity index (χ0n) is 19.9. The summed E-state index contributed by atoms with van der Waals surface area (Å²) in [6, 6.07) is 7.07. The summed E-state index contributed by atoms with van der Waals surface area (Å²) in [6.07, 6.45) is -6.99. The topological polar surface area (TPSA) is 89.8 Å². The number of benzene rings is 1. The number of nitrogens with zero attached hydrogens (tertiary/aromatic N) is 4. The Balaban J connectivity index is 1.71. The zero-order chi connectivity index (χ0) is 28.1. The fourth-order valence-corrected chi connectivity index (χ4v) is 5.97. The molecule has 0 saturated carbocycles. The van der Waals surface area contributed by atoms with Crippen LogP contribution in [0.15, 0.2) is 59.2 Å². The number of imidazole rings is 1. The molecule has 0 bridgehead atoms. The van der Waals surface area contributed by atoms with Gasteiger partial charge in [-0.2, -0.15) is 26.3 Å². The molecule has 4 rings (SSSR count). The maximum Gasteiger partial charge on any atom is 0.433 e. The van der Waals surface area contributed by atoms with Gasteiger partial charge in [0.15, 0.2) is 5.69 Å². The van der Waals surface area contributed by atoms with Crippen molar-refractivity contribution in [2.45, 2.75) is 42.9 Å². The van der Waals surface area contributed by atoms with Gasteiger partial charge in [-0.05, 0) is 51.1 Å². The Morgan fingerprint density at radius 3 is 2.11 bits per heavy atom. The summed E-state index contributed by atoms with van der Waals surface area (Å²) < 4.78 is 108. The first kappa shape index (κ1) is 27.7. The normalized spacial score (nSPS) is 13.2. The van der Waals surface area contributed by atoms with Crippen LogP contribution in [0.25, 0.3) is 27.8 Å². The summed E-state index contributed by atoms with van der Waals surface area (Å²) >= 11 is 0.914. The number of aromatic nitrogens is 4. The number of nitrogens with one attached hydrogen (secondary N) is 1. The largest absolute Gasteiger partial charge is 0.433 e. The van der Waals surface area contributed by atoms with Gasteiger partial charge in [-0.25, -0.2) is 28.1 Å². The van der Waals surface area contributed by atoms with Crippen molar-refractivity contribution in [3.8, 4) is 27.8 Å². The van der Waals surface area contributed by atoms with Gasteiger partial charge in [0.1, 0.15) is 10.5 Å². The van der Waals surface area contributed by atoms with Crippen molar-refractivity contribution in [1.82, 2.24) is 24.2 Å². The number of thiophene rings is 1. The van der Waals surface area contributed by atoms with Gasteiger partial charge in [0.25, 0.3) is 10.0 Å². The van der Waals surface area contributed by atoms with E-state index in [1.165, 1.54) is 18.3 Å². The minimum atomic E-state index is -4.86. The molecular formula is C23H19F6N5O2S2. The third-order valence-corrected chi connectivity index (χ3v) is 8.22. The van der Waals surface area contributed by atoms with E-state index in [0.29, 0.717) is 10.9 Å². The smallest absolute Gasteiger partial charge is 0.274 e. The SMILES string of the molecule is CC(C)(C)NS(=O)(=O)c1ccc(-c2cn(-c3nc(-c4ccc(C(F)(F)F)cc4)cc(C(F)(F)F)n3)cn2)s1. The van der Waals surface area contributed by atoms with E-state index in [0.717, 1.165) is 46.5 Å². The Bertz CT molecular complexity index is 1570. The Kier molecular flexibility index (Phi) is 6.91. The van der Waals surface area contributed by atoms with Crippen molar-refractivity contribution < 1.29 is 34.8 Å². The first-order valence-corrected chi connectivity index (χ1v) is 13.0. The number of hydrogen-bond donors (Lipinski definition) is 1. The molecule has 3 aromatic heterocycles. The number of alkyl halides is 6. The molecule has 1 N–H and O–H groups in total. The van der Waals surface area contributed by atoms with E-state index in [9.17, 15) is 34.8 Å². The van der Waals surface area contributed by atoms with E-state index in [1.807, 2.05) is 0 Å². The molecule has 0 aliphatic carbocycles. The quantitative estimate of drug-likeness (QED) is 0.288. The first-order chi connectivity index (χ1) is 17.4. The van der Waals surface area contributed by atoms with Crippen molar-refractivity contribution in [1.29, 1.82) is 0 Å². The molecule has 7 nitrogen and oxygen atoms in total. The highest BCUT2D eigenvalue weighted by molar-refractivity contribution is 7.91. The molecule has 38 heavy (non-hydrogen) atoms. The maximum atomic E-state index is 13.6. The first-order valence-electron chi connectivity index (χ1n) is 10.7. The molecule has 0 unspecified atom stereocenters. The van der Waals surface area contributed by atoms with Crippen LogP contribution in [0.3, 0.4) is 0 Å². The predicted octanol–water partition coefficient (Wildman–Crippen LogP) is 6.17. The number of sulfonamides is 1. The van der Waals surface area contributed by atoms with E-state index in [2.05, 4.69) is 19.7 Å². The summed E-state index contributed by atoms with van der Waals surface area (Å²) in [5, 5.41) is 0. The molecule has 0 atom stereocenters. The maximum absolute atomic E-state index is 13.6. The lowest BCUT2D eigenvalue weighted by Gasteiger charge is -2.19. The van der Waals surface area contributed by atoms with Gasteiger partial charge in [0, 0.05) is 17.3 Å². The van der Waals surface area contributed by atoms with Crippen molar-refractivity contribution in [3.63, 3.8) is 0 Å². The van der Waals surface area contributed by atoms with E-state index < -0.39 is 45.1 Å². The van der Waals surface area contributed by atoms with Crippen LogP contribution < -0.4 is 4.72 Å². The summed E-state index contributed by atoms with van der Waals surface area (Å²) in [5.74, 6) is -0.424. The number of halogens is 6. The van der Waals surface area contributed by atoms with Crippen LogP contribution in [-0.4, -0.2) is 33.5 Å². The molecule has 15 heteroatoms. The molecule has 0 spiro atoms. The second-order valence-electron chi connectivity index (χ2n) is 9.15. The van der Waals surface area contributed by atoms with Gasteiger partial charge < -0.3 is 0 Å². The zero-order valence-corrected chi connectivity index (χ0v) is 21.5. The van der Waals surface area contributed by atoms with Crippen LogP contribution >= 0.6 is 11.3 Å². The van der Waals surface area contributed by atoms with Crippen LogP contribution in [0.4, 0.5) is 26.3 Å². The Labute approximate surface area is 217 Å². The molecule has 202 valence electrons. The summed E-state index contributed by atoms with van der Waals surface area (Å²) in [6.45, 7) is 5.07. The second kappa shape index (κ2) is 9.47. The van der Waals surface area contributed by atoms with Crippen molar-refractivity contribution >= 4 is 21.4 Å². The van der Waals surface area contributed by atoms with Gasteiger partial charge >= 0.3 is 12.4 Å². The van der Waals surface area contributed by atoms with E-state index >= 15 is 0 Å². The van der Waals surface area contributed by atoms with Crippen molar-refractivity contribution in [3.05, 3.63) is 66.2 Å². The van der Waals surface area contributed by atoms with E-state index in [-0.39, 0.29) is 21.2 Å². The Morgan fingerprint density at radius 2 is 1.53 bits per heavy atom. The standard InChI is InChI=1S/C23H19F6N5O2S2/c1-21(2,3)33-38(35,36)19-9-8-17(37-19)16-11-34(12-30-16)20-31-15(10-18(32-20)23(27,28)29)13-4-6-14(7-5-13)22(24,25)26/h4-12,33H,1-3H3. The summed E-state index contributed by atoms with van der Waals surface area (Å²) in [4.78, 5) is 12.2. The third-order valence-electron chi connectivity index (χ3n) is 4.87. The van der Waals surface area contributed by atoms with Gasteiger partial charge in [-0.1, -0.05) is 12.1 Å². The Morgan fingerprint density at radius 1 is 0.868 bits per heavy atom. The van der Waals surface area contributed by atoms with E-state index in [4.69, 9.17) is 0 Å². The van der Waals surface area contributed by atoms with E-state index in [1.54, 1.807) is 20.8 Å². The average Bonchev–Trinajstić information content (AvgIpc) is 3.46. The number of hydrogen-bond acceptors (Lipinski definition) is 6. The van der Waals surface area contributed by atoms with Gasteiger partial charge in [0.05, 0.1) is 21.8 Å². The minimum Gasteiger partial charge on any atom is -0.274 e. The van der Waals surface area contributed by atoms with Crippen molar-refractivity contribution in [2.24, 2.45) is 0 Å². The molecule has 0 radical (unpaired) electrons. The molecule has 0 fully saturated rings. The van der Waals surface area contributed by atoms with Crippen LogP contribution in [-0.2, 0) is 22.4 Å². The predicted molar refractivity (Wildman–Crippen MR) is 128 cm³/mol. The van der Waals surface area contributed by atoms with Crippen LogP contribution in [0.1, 0.15) is 32.0 Å². The highest BCUT2D eigenvalue weighted by Crippen LogP contribution is 2.34. The molecule has 0 amide bonds. The monoisotopic (exact) mass is 575 g/mol. The summed E-state index contributed by atoms with van der Waals surface area (Å²) in [7, 11) is -3.81. The number of rotatable bonds is 5. The lowest BCUT2D eigenvalue weighted by Crippen LogP contribution is -2.40. The molecule has 0 saturated heterocycles. The lowest BCUT2D eigenvalue weighted by molar-refractivity contribution is -0.141. The highest BCUT2D eigenvalue weighted by Gasteiger charge is 2.34. The third kappa shape index (κ3) is 6.22. The Hall–Kier alpha value is -3.30. The second-order valence-corrected chi connectivity index (χ2v) is 12.1. The molecular weight excluding hydrogens is 556 g/mol. The van der Waals surface area contributed by atoms with Crippen LogP contribution in [0, 0.1) is 0 Å². The minimum absolute atomic E-state index is 0.0203. The fraction of sp³-hybridized carbons (Fsp3) is 0.261.